The number of carbonyl (C=O) groups excluding carboxylic acids is 3. The number of carbonyl (C=O) groups is 3. The Morgan fingerprint density at radius 3 is 1.25 bits per heavy atom. The lowest BCUT2D eigenvalue weighted by Gasteiger charge is -2.33. The largest absolute Gasteiger partial charge is 0.496 e. The van der Waals surface area contributed by atoms with Crippen molar-refractivity contribution < 1.29 is 52.3 Å². The summed E-state index contributed by atoms with van der Waals surface area (Å²) in [5.41, 5.74) is 17.6. The number of likely N-dealkylation sites (tertiary alicyclic amines) is 2. The fourth-order valence-electron chi connectivity index (χ4n) is 12.1. The number of nitrogens with zero attached hydrogens (tertiary/aromatic N) is 9. The van der Waals surface area contributed by atoms with Crippen LogP contribution in [0.25, 0.3) is 44.1 Å². The number of rotatable bonds is 23. The van der Waals surface area contributed by atoms with Gasteiger partial charge in [0.2, 0.25) is 0 Å². The van der Waals surface area contributed by atoms with Gasteiger partial charge in [-0.05, 0) is 170 Å². The zero-order valence-electron chi connectivity index (χ0n) is 64.6. The molecule has 0 saturated carbocycles. The minimum Gasteiger partial charge on any atom is -0.496 e. The van der Waals surface area contributed by atoms with Gasteiger partial charge in [-0.15, -0.1) is 9.88 Å². The van der Waals surface area contributed by atoms with E-state index in [0.717, 1.165) is 61.4 Å². The van der Waals surface area contributed by atoms with E-state index in [0.29, 0.717) is 118 Å². The minimum atomic E-state index is -1.45. The lowest BCUT2D eigenvalue weighted by atomic mass is 9.94. The van der Waals surface area contributed by atoms with Gasteiger partial charge in [-0.25, -0.2) is 14.3 Å². The van der Waals surface area contributed by atoms with Crippen LogP contribution in [0.4, 0.5) is 9.59 Å². The first kappa shape index (κ1) is 80.3. The van der Waals surface area contributed by atoms with E-state index in [1.165, 1.54) is 5.56 Å². The van der Waals surface area contributed by atoms with Crippen molar-refractivity contribution >= 4 is 26.3 Å². The van der Waals surface area contributed by atoms with Crippen molar-refractivity contribution in [2.45, 2.75) is 176 Å². The number of ether oxygens (including phenoxy) is 8. The first-order valence-corrected chi connectivity index (χ1v) is 40.1. The monoisotopic (exact) mass is 1470 g/mol. The number of amides is 3. The van der Waals surface area contributed by atoms with Crippen molar-refractivity contribution in [2.75, 3.05) is 40.4 Å². The molecule has 2 fully saturated rings. The van der Waals surface area contributed by atoms with Crippen LogP contribution in [-0.2, 0) is 35.9 Å². The van der Waals surface area contributed by atoms with Crippen LogP contribution in [0.2, 0.25) is 19.6 Å². The van der Waals surface area contributed by atoms with Crippen LogP contribution in [0, 0.1) is 0 Å². The Labute approximate surface area is 631 Å². The summed E-state index contributed by atoms with van der Waals surface area (Å²) < 4.78 is 54.5. The van der Waals surface area contributed by atoms with Crippen LogP contribution in [0.15, 0.2) is 187 Å². The molecule has 22 heteroatoms. The predicted octanol–water partition coefficient (Wildman–Crippen LogP) is 19.8. The molecule has 2 saturated heterocycles. The second-order valence-electron chi connectivity index (χ2n) is 30.2. The van der Waals surface area contributed by atoms with E-state index in [1.807, 2.05) is 218 Å². The minimum absolute atomic E-state index is 0.0353. The van der Waals surface area contributed by atoms with Gasteiger partial charge in [0.15, 0.2) is 5.82 Å². The molecular formula is C85H104N10O11Si. The predicted molar refractivity (Wildman–Crippen MR) is 422 cm³/mol. The molecule has 0 aliphatic carbocycles. The molecule has 2 aliphatic heterocycles. The van der Waals surface area contributed by atoms with Crippen LogP contribution in [0.1, 0.15) is 157 Å². The molecule has 2 aliphatic rings. The molecule has 3 amide bonds. The maximum atomic E-state index is 14.2. The third-order valence-electron chi connectivity index (χ3n) is 17.7. The third kappa shape index (κ3) is 23.6. The first-order chi connectivity index (χ1) is 51.2. The Morgan fingerprint density at radius 1 is 0.505 bits per heavy atom. The topological polar surface area (TPSA) is 236 Å². The molecule has 0 unspecified atom stereocenters. The summed E-state index contributed by atoms with van der Waals surface area (Å²) in [7, 11) is 1.88. The average Bonchev–Trinajstić information content (AvgIpc) is 1.76. The summed E-state index contributed by atoms with van der Waals surface area (Å²) in [6.45, 7) is 29.2. The lowest BCUT2D eigenvalue weighted by Crippen LogP contribution is -2.47. The molecule has 0 radical (unpaired) electrons. The molecule has 0 bridgehead atoms. The van der Waals surface area contributed by atoms with E-state index < -0.39 is 19.4 Å². The lowest BCUT2D eigenvalue weighted by molar-refractivity contribution is 0.0179. The zero-order valence-corrected chi connectivity index (χ0v) is 65.6. The Hall–Kier alpha value is -10.8. The molecule has 9 aromatic rings. The normalized spacial score (nSPS) is 13.4. The van der Waals surface area contributed by atoms with Gasteiger partial charge in [-0.2, -0.15) is 0 Å². The van der Waals surface area contributed by atoms with E-state index in [2.05, 4.69) is 88.6 Å². The first-order valence-electron chi connectivity index (χ1n) is 36.7. The van der Waals surface area contributed by atoms with Crippen molar-refractivity contribution in [2.24, 2.45) is 4.78 Å². The molecular weight excluding hydrogens is 1370 g/mol. The summed E-state index contributed by atoms with van der Waals surface area (Å²) in [4.78, 5) is 45.8. The van der Waals surface area contributed by atoms with Crippen LogP contribution in [-0.4, -0.2) is 114 Å². The summed E-state index contributed by atoms with van der Waals surface area (Å²) in [6.07, 6.45) is 1.94. The summed E-state index contributed by atoms with van der Waals surface area (Å²) in [6, 6.07) is 59.9. The highest BCUT2D eigenvalue weighted by atomic mass is 28.3. The SMILES string of the molecule is COc1ccc(C(C)C)cc1-c1cc(-c2nnnn2C2CCN(C(=O)OC(C)(C)C)CC2)c(OCc2ccccc2)cc1OCc1ccccc1.COc1ccc(C(C)C)cc1-c1cc(C(=O)NC2CCN(C(=O)OC(C)(C)C)CC2)c(OCc2ccccc2)cc1OCc1ccccc1.C[Si](C)(C)N=[N+]=[N-]. The third-order valence-corrected chi connectivity index (χ3v) is 18.4. The Morgan fingerprint density at radius 2 is 0.879 bits per heavy atom. The number of methoxy groups -OCH3 is 2. The number of hydrogen-bond acceptors (Lipinski definition) is 15. The Kier molecular flexibility index (Phi) is 28.1. The smallest absolute Gasteiger partial charge is 0.410 e. The second-order valence-corrected chi connectivity index (χ2v) is 34.8. The van der Waals surface area contributed by atoms with Gasteiger partial charge >= 0.3 is 12.2 Å². The quantitative estimate of drug-likeness (QED) is 0.0271. The van der Waals surface area contributed by atoms with Crippen molar-refractivity contribution in [1.82, 2.24) is 35.3 Å². The molecule has 11 rings (SSSR count). The van der Waals surface area contributed by atoms with E-state index in [9.17, 15) is 14.4 Å². The Bertz CT molecular complexity index is 4420. The number of azide groups is 1. The summed E-state index contributed by atoms with van der Waals surface area (Å²) in [5, 5.41) is 16.4. The van der Waals surface area contributed by atoms with Crippen LogP contribution in [0.3, 0.4) is 0 Å². The second kappa shape index (κ2) is 37.4. The van der Waals surface area contributed by atoms with Gasteiger partial charge < -0.3 is 53.0 Å². The van der Waals surface area contributed by atoms with Gasteiger partial charge in [0, 0.05) is 66.6 Å². The molecule has 0 spiro atoms. The standard InChI is InChI=1S/C41H47N5O5.C41H48N2O6.C3H9N3Si/c1-28(2)31-17-18-36(48-6)33(23-31)34-24-35(39-42-43-44-46(39)32-19-21-45(22-20-32)40(47)51-41(3,4)5)38(50-27-30-15-11-8-12-16-30)25-37(34)49-26-29-13-9-7-10-14-29;1-28(2)31-17-18-36(46-6)33(23-31)34-24-35(39(44)42-32-19-21-43(22-20-32)40(45)49-41(3,4)5)38(48-27-30-15-11-8-12-16-30)25-37(34)47-26-29-13-9-7-10-14-29;1-7(2,3)6-5-4/h7-18,23-25,28,32H,19-22,26-27H2,1-6H3;7-18,23-25,28,32H,19-22,26-27H2,1-6H3,(H,42,44);1-3H3. The van der Waals surface area contributed by atoms with E-state index in [4.69, 9.17) is 43.4 Å². The molecule has 564 valence electrons. The summed E-state index contributed by atoms with van der Waals surface area (Å²) in [5.74, 6) is 4.52. The van der Waals surface area contributed by atoms with Gasteiger partial charge in [-0.1, -0.05) is 181 Å². The zero-order chi connectivity index (χ0) is 76.8. The molecule has 8 aromatic carbocycles. The summed E-state index contributed by atoms with van der Waals surface area (Å²) >= 11 is 0. The van der Waals surface area contributed by atoms with Crippen LogP contribution in [0.5, 0.6) is 34.5 Å². The van der Waals surface area contributed by atoms with Crippen molar-refractivity contribution in [3.63, 3.8) is 0 Å². The number of piperidine rings is 2. The molecule has 1 aromatic heterocycles. The highest BCUT2D eigenvalue weighted by Gasteiger charge is 2.33. The molecule has 1 N–H and O–H groups in total. The number of hydrogen-bond donors (Lipinski definition) is 1. The van der Waals surface area contributed by atoms with Gasteiger partial charge in [-0.3, -0.25) is 4.79 Å². The van der Waals surface area contributed by atoms with Gasteiger partial charge in [0.05, 0.1) is 31.4 Å². The van der Waals surface area contributed by atoms with Gasteiger partial charge in [0.25, 0.3) is 5.91 Å². The average molecular weight is 1470 g/mol. The van der Waals surface area contributed by atoms with Gasteiger partial charge in [0.1, 0.15) is 80.4 Å². The van der Waals surface area contributed by atoms with Crippen molar-refractivity contribution in [3.8, 4) is 68.1 Å². The van der Waals surface area contributed by atoms with E-state index in [-0.39, 0.29) is 42.7 Å². The van der Waals surface area contributed by atoms with E-state index in [1.54, 1.807) is 24.0 Å². The molecule has 0 atom stereocenters. The van der Waals surface area contributed by atoms with Crippen molar-refractivity contribution in [1.29, 1.82) is 0 Å². The highest BCUT2D eigenvalue weighted by Crippen LogP contribution is 2.47. The van der Waals surface area contributed by atoms with Crippen molar-refractivity contribution in [3.05, 3.63) is 231 Å². The van der Waals surface area contributed by atoms with Crippen LogP contribution >= 0.6 is 0 Å². The fraction of sp³-hybridized carbons (Fsp3) is 0.388. The number of nitrogens with one attached hydrogen (secondary N) is 1. The maximum Gasteiger partial charge on any atom is 0.410 e. The molecule has 3 heterocycles. The molecule has 21 nitrogen and oxygen atoms in total. The fourth-order valence-corrected chi connectivity index (χ4v) is 12.3. The number of tetrazole rings is 1. The van der Waals surface area contributed by atoms with E-state index >= 15 is 0 Å². The Balaban J connectivity index is 0.000000227. The number of benzene rings is 8. The number of aromatic nitrogens is 4. The maximum absolute atomic E-state index is 14.2. The van der Waals surface area contributed by atoms with Crippen LogP contribution < -0.4 is 33.7 Å². The molecule has 107 heavy (non-hydrogen) atoms. The highest BCUT2D eigenvalue weighted by molar-refractivity contribution is 6.74.